The summed E-state index contributed by atoms with van der Waals surface area (Å²) >= 11 is 0. The number of ether oxygens (including phenoxy) is 2. The Morgan fingerprint density at radius 3 is 2.90 bits per heavy atom. The Bertz CT molecular complexity index is 502. The Balaban J connectivity index is 1.97. The summed E-state index contributed by atoms with van der Waals surface area (Å²) in [5.74, 6) is -0.779. The number of para-hydroxylation sites is 1. The van der Waals surface area contributed by atoms with Crippen molar-refractivity contribution in [3.63, 3.8) is 0 Å². The van der Waals surface area contributed by atoms with Gasteiger partial charge in [-0.2, -0.15) is 0 Å². The van der Waals surface area contributed by atoms with Crippen LogP contribution in [-0.2, 0) is 14.3 Å². The summed E-state index contributed by atoms with van der Waals surface area (Å²) in [5, 5.41) is 9.07. The molecule has 1 N–H and O–H groups in total. The standard InChI is InChI=1S/C14H17NO5/c1-10-4-2-3-5-12(10)20-9-13(16)15-6-7-19-8-11(15)14(17)18/h2-5,11H,6-9H2,1H3,(H,17,18). The summed E-state index contributed by atoms with van der Waals surface area (Å²) < 4.78 is 10.5. The molecule has 1 aromatic rings. The topological polar surface area (TPSA) is 76.1 Å². The quantitative estimate of drug-likeness (QED) is 0.877. The number of carboxylic acids is 1. The Kier molecular flexibility index (Phi) is 4.57. The zero-order chi connectivity index (χ0) is 14.5. The summed E-state index contributed by atoms with van der Waals surface area (Å²) in [6, 6.07) is 6.43. The summed E-state index contributed by atoms with van der Waals surface area (Å²) in [5.41, 5.74) is 0.928. The number of benzene rings is 1. The fourth-order valence-electron chi connectivity index (χ4n) is 2.05. The number of hydrogen-bond donors (Lipinski definition) is 1. The van der Waals surface area contributed by atoms with E-state index in [0.717, 1.165) is 5.56 Å². The van der Waals surface area contributed by atoms with Gasteiger partial charge < -0.3 is 19.5 Å². The molecule has 1 aliphatic rings. The van der Waals surface area contributed by atoms with E-state index in [1.807, 2.05) is 25.1 Å². The lowest BCUT2D eigenvalue weighted by Gasteiger charge is -2.32. The number of morpholine rings is 1. The second-order valence-corrected chi connectivity index (χ2v) is 4.57. The molecule has 0 aliphatic carbocycles. The Hall–Kier alpha value is -2.08. The van der Waals surface area contributed by atoms with E-state index in [9.17, 15) is 9.59 Å². The zero-order valence-electron chi connectivity index (χ0n) is 11.2. The van der Waals surface area contributed by atoms with Crippen LogP contribution in [0.4, 0.5) is 0 Å². The van der Waals surface area contributed by atoms with Crippen LogP contribution in [0.25, 0.3) is 0 Å². The lowest BCUT2D eigenvalue weighted by Crippen LogP contribution is -2.53. The summed E-state index contributed by atoms with van der Waals surface area (Å²) in [6.45, 7) is 2.35. The maximum absolute atomic E-state index is 12.1. The van der Waals surface area contributed by atoms with E-state index in [0.29, 0.717) is 12.4 Å². The second-order valence-electron chi connectivity index (χ2n) is 4.57. The van der Waals surface area contributed by atoms with Crippen molar-refractivity contribution in [1.82, 2.24) is 4.90 Å². The van der Waals surface area contributed by atoms with Crippen LogP contribution < -0.4 is 4.74 Å². The van der Waals surface area contributed by atoms with Crippen LogP contribution in [0.5, 0.6) is 5.75 Å². The molecule has 1 aromatic carbocycles. The van der Waals surface area contributed by atoms with E-state index in [2.05, 4.69) is 0 Å². The SMILES string of the molecule is Cc1ccccc1OCC(=O)N1CCOCC1C(=O)O. The molecular formula is C14H17NO5. The van der Waals surface area contributed by atoms with Gasteiger partial charge in [0.15, 0.2) is 12.6 Å². The lowest BCUT2D eigenvalue weighted by atomic mass is 10.2. The van der Waals surface area contributed by atoms with Crippen molar-refractivity contribution in [1.29, 1.82) is 0 Å². The van der Waals surface area contributed by atoms with Crippen molar-refractivity contribution in [3.8, 4) is 5.75 Å². The van der Waals surface area contributed by atoms with Crippen molar-refractivity contribution >= 4 is 11.9 Å². The molecule has 1 atom stereocenters. The van der Waals surface area contributed by atoms with Crippen molar-refractivity contribution < 1.29 is 24.2 Å². The highest BCUT2D eigenvalue weighted by Crippen LogP contribution is 2.16. The van der Waals surface area contributed by atoms with Crippen molar-refractivity contribution in [2.45, 2.75) is 13.0 Å². The Morgan fingerprint density at radius 1 is 1.45 bits per heavy atom. The minimum Gasteiger partial charge on any atom is -0.484 e. The van der Waals surface area contributed by atoms with Gasteiger partial charge in [-0.05, 0) is 18.6 Å². The van der Waals surface area contributed by atoms with Gasteiger partial charge in [-0.25, -0.2) is 4.79 Å². The number of aryl methyl sites for hydroxylation is 1. The van der Waals surface area contributed by atoms with Gasteiger partial charge in [0.1, 0.15) is 5.75 Å². The predicted molar refractivity (Wildman–Crippen MR) is 70.6 cm³/mol. The molecule has 1 amide bonds. The molecule has 1 aliphatic heterocycles. The molecule has 0 radical (unpaired) electrons. The fourth-order valence-corrected chi connectivity index (χ4v) is 2.05. The van der Waals surface area contributed by atoms with Crippen LogP contribution in [0.2, 0.25) is 0 Å². The van der Waals surface area contributed by atoms with Gasteiger partial charge >= 0.3 is 5.97 Å². The maximum atomic E-state index is 12.1. The number of rotatable bonds is 4. The number of amides is 1. The fraction of sp³-hybridized carbons (Fsp3) is 0.429. The third-order valence-electron chi connectivity index (χ3n) is 3.18. The van der Waals surface area contributed by atoms with E-state index in [1.165, 1.54) is 4.90 Å². The van der Waals surface area contributed by atoms with E-state index < -0.39 is 12.0 Å². The van der Waals surface area contributed by atoms with Crippen LogP contribution in [0.1, 0.15) is 5.56 Å². The lowest BCUT2D eigenvalue weighted by molar-refractivity contribution is -0.159. The van der Waals surface area contributed by atoms with Gasteiger partial charge in [0.2, 0.25) is 0 Å². The molecule has 108 valence electrons. The van der Waals surface area contributed by atoms with Gasteiger partial charge in [-0.15, -0.1) is 0 Å². The molecule has 1 fully saturated rings. The average molecular weight is 279 g/mol. The van der Waals surface area contributed by atoms with Gasteiger partial charge in [0.25, 0.3) is 5.91 Å². The first kappa shape index (κ1) is 14.3. The van der Waals surface area contributed by atoms with Crippen molar-refractivity contribution in [3.05, 3.63) is 29.8 Å². The molecule has 0 aromatic heterocycles. The molecular weight excluding hydrogens is 262 g/mol. The number of hydrogen-bond acceptors (Lipinski definition) is 4. The first-order valence-electron chi connectivity index (χ1n) is 6.38. The van der Waals surface area contributed by atoms with E-state index in [4.69, 9.17) is 14.6 Å². The average Bonchev–Trinajstić information content (AvgIpc) is 2.46. The molecule has 6 nitrogen and oxygen atoms in total. The number of aliphatic carboxylic acids is 1. The van der Waals surface area contributed by atoms with Crippen LogP contribution in [-0.4, -0.2) is 54.3 Å². The van der Waals surface area contributed by atoms with E-state index >= 15 is 0 Å². The van der Waals surface area contributed by atoms with Crippen molar-refractivity contribution in [2.24, 2.45) is 0 Å². The predicted octanol–water partition coefficient (Wildman–Crippen LogP) is 0.686. The molecule has 0 saturated carbocycles. The van der Waals surface area contributed by atoms with Crippen molar-refractivity contribution in [2.75, 3.05) is 26.4 Å². The molecule has 0 bridgehead atoms. The first-order chi connectivity index (χ1) is 9.59. The van der Waals surface area contributed by atoms with E-state index in [-0.39, 0.29) is 25.7 Å². The molecule has 20 heavy (non-hydrogen) atoms. The Labute approximate surface area is 116 Å². The first-order valence-corrected chi connectivity index (χ1v) is 6.38. The van der Waals surface area contributed by atoms with Crippen LogP contribution in [0.3, 0.4) is 0 Å². The monoisotopic (exact) mass is 279 g/mol. The highest BCUT2D eigenvalue weighted by Gasteiger charge is 2.32. The van der Waals surface area contributed by atoms with Gasteiger partial charge in [0, 0.05) is 6.54 Å². The molecule has 2 rings (SSSR count). The maximum Gasteiger partial charge on any atom is 0.328 e. The number of carbonyl (C=O) groups excluding carboxylic acids is 1. The highest BCUT2D eigenvalue weighted by atomic mass is 16.5. The second kappa shape index (κ2) is 6.38. The van der Waals surface area contributed by atoms with Crippen LogP contribution in [0, 0.1) is 6.92 Å². The van der Waals surface area contributed by atoms with Crippen LogP contribution >= 0.6 is 0 Å². The molecule has 1 heterocycles. The highest BCUT2D eigenvalue weighted by molar-refractivity contribution is 5.84. The summed E-state index contributed by atoms with van der Waals surface area (Å²) in [4.78, 5) is 24.5. The number of carboxylic acid groups (broad SMARTS) is 1. The van der Waals surface area contributed by atoms with Gasteiger partial charge in [-0.1, -0.05) is 18.2 Å². The third-order valence-corrected chi connectivity index (χ3v) is 3.18. The van der Waals surface area contributed by atoms with E-state index in [1.54, 1.807) is 6.07 Å². The summed E-state index contributed by atoms with van der Waals surface area (Å²) in [7, 11) is 0. The minimum absolute atomic E-state index is 0.0193. The smallest absolute Gasteiger partial charge is 0.328 e. The van der Waals surface area contributed by atoms with Crippen LogP contribution in [0.15, 0.2) is 24.3 Å². The van der Waals surface area contributed by atoms with Gasteiger partial charge in [-0.3, -0.25) is 4.79 Å². The van der Waals surface area contributed by atoms with Gasteiger partial charge in [0.05, 0.1) is 13.2 Å². The summed E-state index contributed by atoms with van der Waals surface area (Å²) in [6.07, 6.45) is 0. The normalized spacial score (nSPS) is 18.6. The molecule has 6 heteroatoms. The minimum atomic E-state index is -1.06. The molecule has 1 saturated heterocycles. The molecule has 1 unspecified atom stereocenters. The Morgan fingerprint density at radius 2 is 2.20 bits per heavy atom. The third kappa shape index (κ3) is 3.27. The zero-order valence-corrected chi connectivity index (χ0v) is 11.2. The number of nitrogens with zero attached hydrogens (tertiary/aromatic N) is 1. The molecule has 0 spiro atoms. The number of carbonyl (C=O) groups is 2. The largest absolute Gasteiger partial charge is 0.484 e.